The summed E-state index contributed by atoms with van der Waals surface area (Å²) in [6.07, 6.45) is 1.63. The number of fused-ring (bicyclic) bond motifs is 1. The van der Waals surface area contributed by atoms with Gasteiger partial charge in [-0.3, -0.25) is 9.78 Å². The second-order valence-electron chi connectivity index (χ2n) is 5.32. The van der Waals surface area contributed by atoms with Crippen molar-refractivity contribution >= 4 is 22.5 Å². The first-order valence-corrected chi connectivity index (χ1v) is 7.75. The molecule has 1 heterocycles. The van der Waals surface area contributed by atoms with Crippen LogP contribution in [0.2, 0.25) is 0 Å². The number of para-hydroxylation sites is 1. The normalized spacial score (nSPS) is 10.6. The molecular weight excluding hydrogens is 323 g/mol. The summed E-state index contributed by atoms with van der Waals surface area (Å²) < 4.78 is 24.2. The van der Waals surface area contributed by atoms with Crippen LogP contribution >= 0.6 is 0 Å². The van der Waals surface area contributed by atoms with E-state index in [2.05, 4.69) is 10.3 Å². The fraction of sp³-hybridized carbons (Fsp3) is 0.158. The highest BCUT2D eigenvalue weighted by atomic mass is 19.1. The second-order valence-corrected chi connectivity index (χ2v) is 5.32. The second kappa shape index (κ2) is 7.72. The first-order chi connectivity index (χ1) is 12.2. The number of methoxy groups -OCH3 is 1. The number of nitrogens with one attached hydrogen (secondary N) is 1. The molecule has 0 aliphatic rings. The van der Waals surface area contributed by atoms with Crippen molar-refractivity contribution in [2.45, 2.75) is 0 Å². The number of pyridine rings is 1. The number of halogens is 1. The summed E-state index contributed by atoms with van der Waals surface area (Å²) in [6.45, 7) is 0.618. The fourth-order valence-electron chi connectivity index (χ4n) is 2.42. The number of rotatable bonds is 6. The lowest BCUT2D eigenvalue weighted by Gasteiger charge is -2.10. The lowest BCUT2D eigenvalue weighted by Crippen LogP contribution is -2.13. The Balaban J connectivity index is 1.77. The minimum atomic E-state index is -0.551. The molecule has 25 heavy (non-hydrogen) atoms. The lowest BCUT2D eigenvalue weighted by atomic mass is 10.1. The maximum absolute atomic E-state index is 14.1. The zero-order valence-electron chi connectivity index (χ0n) is 13.7. The van der Waals surface area contributed by atoms with E-state index in [9.17, 15) is 9.18 Å². The van der Waals surface area contributed by atoms with Gasteiger partial charge in [-0.2, -0.15) is 0 Å². The van der Waals surface area contributed by atoms with Gasteiger partial charge in [0.15, 0.2) is 11.6 Å². The summed E-state index contributed by atoms with van der Waals surface area (Å²) in [4.78, 5) is 16.8. The number of benzene rings is 2. The van der Waals surface area contributed by atoms with E-state index in [1.165, 1.54) is 12.1 Å². The third-order valence-corrected chi connectivity index (χ3v) is 3.61. The van der Waals surface area contributed by atoms with Crippen LogP contribution in [0, 0.1) is 5.82 Å². The van der Waals surface area contributed by atoms with Crippen LogP contribution < -0.4 is 10.1 Å². The fourth-order valence-corrected chi connectivity index (χ4v) is 2.42. The van der Waals surface area contributed by atoms with Crippen LogP contribution in [0.3, 0.4) is 0 Å². The highest BCUT2D eigenvalue weighted by Crippen LogP contribution is 2.23. The molecular formula is C19H17FN2O3. The Morgan fingerprint density at radius 2 is 2.00 bits per heavy atom. The molecule has 0 bridgehead atoms. The van der Waals surface area contributed by atoms with Gasteiger partial charge >= 0.3 is 0 Å². The lowest BCUT2D eigenvalue weighted by molar-refractivity contribution is 0.102. The maximum atomic E-state index is 14.1. The zero-order valence-corrected chi connectivity index (χ0v) is 13.7. The molecule has 1 aromatic heterocycles. The number of nitrogens with zero attached hydrogens (tertiary/aromatic N) is 1. The van der Waals surface area contributed by atoms with E-state index in [1.807, 2.05) is 18.2 Å². The van der Waals surface area contributed by atoms with Gasteiger partial charge in [-0.1, -0.05) is 18.2 Å². The van der Waals surface area contributed by atoms with E-state index in [0.29, 0.717) is 23.4 Å². The van der Waals surface area contributed by atoms with E-state index in [0.717, 1.165) is 5.39 Å². The van der Waals surface area contributed by atoms with Gasteiger partial charge in [-0.25, -0.2) is 4.39 Å². The molecule has 1 N–H and O–H groups in total. The van der Waals surface area contributed by atoms with Gasteiger partial charge in [0.2, 0.25) is 0 Å². The number of amides is 1. The van der Waals surface area contributed by atoms with Crippen molar-refractivity contribution in [3.05, 3.63) is 66.1 Å². The van der Waals surface area contributed by atoms with Crippen LogP contribution in [0.4, 0.5) is 10.1 Å². The van der Waals surface area contributed by atoms with E-state index in [-0.39, 0.29) is 18.3 Å². The van der Waals surface area contributed by atoms with Crippen molar-refractivity contribution < 1.29 is 18.7 Å². The van der Waals surface area contributed by atoms with Crippen molar-refractivity contribution in [2.24, 2.45) is 0 Å². The maximum Gasteiger partial charge on any atom is 0.257 e. The molecule has 0 radical (unpaired) electrons. The van der Waals surface area contributed by atoms with Crippen LogP contribution in [0.5, 0.6) is 5.75 Å². The van der Waals surface area contributed by atoms with Gasteiger partial charge in [0.05, 0.1) is 17.7 Å². The Hall–Kier alpha value is -2.99. The summed E-state index contributed by atoms with van der Waals surface area (Å²) in [7, 11) is 1.54. The van der Waals surface area contributed by atoms with Crippen LogP contribution in [-0.2, 0) is 4.74 Å². The monoisotopic (exact) mass is 340 g/mol. The molecule has 0 aliphatic heterocycles. The minimum Gasteiger partial charge on any atom is -0.488 e. The smallest absolute Gasteiger partial charge is 0.257 e. The predicted octanol–water partition coefficient (Wildman–Crippen LogP) is 3.65. The highest BCUT2D eigenvalue weighted by Gasteiger charge is 2.12. The number of carbonyl (C=O) groups excluding carboxylic acids is 1. The largest absolute Gasteiger partial charge is 0.488 e. The van der Waals surface area contributed by atoms with E-state index >= 15 is 0 Å². The summed E-state index contributed by atoms with van der Waals surface area (Å²) in [5.74, 6) is -0.788. The first-order valence-electron chi connectivity index (χ1n) is 7.75. The molecule has 0 atom stereocenters. The summed E-state index contributed by atoms with van der Waals surface area (Å²) in [6, 6.07) is 13.3. The Kier molecular flexibility index (Phi) is 5.20. The molecule has 6 heteroatoms. The molecule has 3 rings (SSSR count). The number of ether oxygens (including phenoxy) is 2. The van der Waals surface area contributed by atoms with Gasteiger partial charge in [0.25, 0.3) is 5.91 Å². The van der Waals surface area contributed by atoms with Crippen molar-refractivity contribution in [3.8, 4) is 5.75 Å². The molecule has 5 nitrogen and oxygen atoms in total. The Labute approximate surface area is 144 Å². The van der Waals surface area contributed by atoms with E-state index in [1.54, 1.807) is 31.5 Å². The topological polar surface area (TPSA) is 60.5 Å². The van der Waals surface area contributed by atoms with Crippen molar-refractivity contribution in [1.29, 1.82) is 0 Å². The minimum absolute atomic E-state index is 0.113. The SMILES string of the molecule is COCCOc1ccc(NC(=O)c2cccc3cccnc23)cc1F. The average molecular weight is 340 g/mol. The molecule has 0 saturated carbocycles. The van der Waals surface area contributed by atoms with Crippen LogP contribution in [0.15, 0.2) is 54.7 Å². The third-order valence-electron chi connectivity index (χ3n) is 3.61. The molecule has 0 spiro atoms. The Morgan fingerprint density at radius 3 is 2.80 bits per heavy atom. The van der Waals surface area contributed by atoms with E-state index < -0.39 is 5.82 Å². The average Bonchev–Trinajstić information content (AvgIpc) is 2.63. The zero-order chi connectivity index (χ0) is 17.6. The number of anilines is 1. The predicted molar refractivity (Wildman–Crippen MR) is 93.5 cm³/mol. The summed E-state index contributed by atoms with van der Waals surface area (Å²) in [5.41, 5.74) is 1.37. The quantitative estimate of drug-likeness (QED) is 0.696. The third kappa shape index (κ3) is 3.92. The highest BCUT2D eigenvalue weighted by molar-refractivity contribution is 6.11. The number of hydrogen-bond donors (Lipinski definition) is 1. The van der Waals surface area contributed by atoms with Gasteiger partial charge in [-0.05, 0) is 24.3 Å². The summed E-state index contributed by atoms with van der Waals surface area (Å²) >= 11 is 0. The number of aromatic nitrogens is 1. The molecule has 1 amide bonds. The first kappa shape index (κ1) is 16.9. The van der Waals surface area contributed by atoms with Crippen molar-refractivity contribution in [2.75, 3.05) is 25.6 Å². The van der Waals surface area contributed by atoms with Gasteiger partial charge < -0.3 is 14.8 Å². The number of hydrogen-bond acceptors (Lipinski definition) is 4. The molecule has 0 fully saturated rings. The van der Waals surface area contributed by atoms with E-state index in [4.69, 9.17) is 9.47 Å². The molecule has 0 unspecified atom stereocenters. The van der Waals surface area contributed by atoms with Crippen LogP contribution in [0.1, 0.15) is 10.4 Å². The Morgan fingerprint density at radius 1 is 1.16 bits per heavy atom. The molecule has 2 aromatic carbocycles. The van der Waals surface area contributed by atoms with Gasteiger partial charge in [0.1, 0.15) is 6.61 Å². The molecule has 128 valence electrons. The molecule has 0 saturated heterocycles. The van der Waals surface area contributed by atoms with Gasteiger partial charge in [0, 0.05) is 30.4 Å². The van der Waals surface area contributed by atoms with Crippen molar-refractivity contribution in [1.82, 2.24) is 4.98 Å². The van der Waals surface area contributed by atoms with Gasteiger partial charge in [-0.15, -0.1) is 0 Å². The molecule has 3 aromatic rings. The van der Waals surface area contributed by atoms with Crippen LogP contribution in [0.25, 0.3) is 10.9 Å². The Bertz CT molecular complexity index is 893. The number of carbonyl (C=O) groups is 1. The van der Waals surface area contributed by atoms with Crippen molar-refractivity contribution in [3.63, 3.8) is 0 Å². The summed E-state index contributed by atoms with van der Waals surface area (Å²) in [5, 5.41) is 3.55. The molecule has 0 aliphatic carbocycles. The van der Waals surface area contributed by atoms with Crippen LogP contribution in [-0.4, -0.2) is 31.2 Å². The standard InChI is InChI=1S/C19H17FN2O3/c1-24-10-11-25-17-8-7-14(12-16(17)20)22-19(23)15-6-2-4-13-5-3-9-21-18(13)15/h2-9,12H,10-11H2,1H3,(H,22,23).